The van der Waals surface area contributed by atoms with Crippen molar-refractivity contribution in [3.63, 3.8) is 0 Å². The van der Waals surface area contributed by atoms with Gasteiger partial charge in [-0.3, -0.25) is 14.9 Å². The quantitative estimate of drug-likeness (QED) is 0.363. The van der Waals surface area contributed by atoms with E-state index in [0.717, 1.165) is 5.75 Å². The lowest BCUT2D eigenvalue weighted by Crippen LogP contribution is -2.26. The number of methoxy groups -OCH3 is 3. The molecule has 1 heterocycles. The number of benzene rings is 1. The fourth-order valence-electron chi connectivity index (χ4n) is 2.39. The Morgan fingerprint density at radius 3 is 2.56 bits per heavy atom. The number of nitrogens with one attached hydrogen (secondary N) is 1. The highest BCUT2D eigenvalue weighted by Crippen LogP contribution is 2.46. The van der Waals surface area contributed by atoms with Crippen molar-refractivity contribution < 1.29 is 23.9 Å². The average molecular weight is 412 g/mol. The third kappa shape index (κ3) is 5.04. The van der Waals surface area contributed by atoms with Gasteiger partial charge in [0.05, 0.1) is 26.3 Å². The molecule has 10 heteroatoms. The van der Waals surface area contributed by atoms with E-state index >= 15 is 0 Å². The highest BCUT2D eigenvalue weighted by molar-refractivity contribution is 7.98. The van der Waals surface area contributed by atoms with Crippen LogP contribution in [0, 0.1) is 10.1 Å². The standard InChI is InChI=1S/C17H20N2O6S2/c1-23-13-8-12(14(19(21)22)16(25-3)15(13)24-2)17(20)18-5-7-27-10-11-4-6-26-9-11/h4,6,8-9H,5,7,10H2,1-3H3,(H,18,20). The molecule has 0 aliphatic heterocycles. The molecule has 1 aromatic heterocycles. The van der Waals surface area contributed by atoms with Gasteiger partial charge in [0.15, 0.2) is 5.75 Å². The summed E-state index contributed by atoms with van der Waals surface area (Å²) in [4.78, 5) is 23.4. The van der Waals surface area contributed by atoms with E-state index in [1.54, 1.807) is 23.1 Å². The van der Waals surface area contributed by atoms with Gasteiger partial charge >= 0.3 is 5.69 Å². The molecule has 0 aliphatic rings. The Bertz CT molecular complexity index is 795. The van der Waals surface area contributed by atoms with Crippen LogP contribution >= 0.6 is 23.1 Å². The minimum atomic E-state index is -0.666. The van der Waals surface area contributed by atoms with E-state index in [9.17, 15) is 14.9 Å². The van der Waals surface area contributed by atoms with E-state index in [2.05, 4.69) is 16.8 Å². The molecule has 27 heavy (non-hydrogen) atoms. The number of hydrogen-bond donors (Lipinski definition) is 1. The van der Waals surface area contributed by atoms with Gasteiger partial charge in [-0.2, -0.15) is 23.1 Å². The zero-order valence-corrected chi connectivity index (χ0v) is 16.8. The van der Waals surface area contributed by atoms with Crippen LogP contribution in [0.15, 0.2) is 22.9 Å². The fraction of sp³-hybridized carbons (Fsp3) is 0.353. The summed E-state index contributed by atoms with van der Waals surface area (Å²) in [5.74, 6) is 1.05. The van der Waals surface area contributed by atoms with E-state index in [-0.39, 0.29) is 22.8 Å². The van der Waals surface area contributed by atoms with Crippen molar-refractivity contribution in [3.05, 3.63) is 44.1 Å². The van der Waals surface area contributed by atoms with Gasteiger partial charge in [0, 0.05) is 24.1 Å². The van der Waals surface area contributed by atoms with Crippen LogP contribution in [0.1, 0.15) is 15.9 Å². The first-order valence-corrected chi connectivity index (χ1v) is 9.97. The summed E-state index contributed by atoms with van der Waals surface area (Å²) in [7, 11) is 3.99. The molecule has 0 saturated carbocycles. The molecule has 0 bridgehead atoms. The molecule has 146 valence electrons. The zero-order valence-electron chi connectivity index (χ0n) is 15.1. The summed E-state index contributed by atoms with van der Waals surface area (Å²) in [6, 6.07) is 3.34. The number of hydrogen-bond acceptors (Lipinski definition) is 8. The zero-order chi connectivity index (χ0) is 19.8. The topological polar surface area (TPSA) is 99.9 Å². The highest BCUT2D eigenvalue weighted by Gasteiger charge is 2.32. The monoisotopic (exact) mass is 412 g/mol. The van der Waals surface area contributed by atoms with Crippen LogP contribution in [-0.4, -0.2) is 44.5 Å². The maximum absolute atomic E-state index is 12.5. The van der Waals surface area contributed by atoms with Crippen LogP contribution in [-0.2, 0) is 5.75 Å². The second-order valence-corrected chi connectivity index (χ2v) is 7.12. The minimum Gasteiger partial charge on any atom is -0.493 e. The van der Waals surface area contributed by atoms with Crippen LogP contribution in [0.2, 0.25) is 0 Å². The van der Waals surface area contributed by atoms with E-state index in [1.807, 2.05) is 5.38 Å². The van der Waals surface area contributed by atoms with Gasteiger partial charge in [-0.25, -0.2) is 0 Å². The van der Waals surface area contributed by atoms with Crippen LogP contribution in [0.25, 0.3) is 0 Å². The Balaban J connectivity index is 2.12. The van der Waals surface area contributed by atoms with Crippen LogP contribution in [0.3, 0.4) is 0 Å². The lowest BCUT2D eigenvalue weighted by molar-refractivity contribution is -0.386. The smallest absolute Gasteiger partial charge is 0.327 e. The number of nitro groups is 1. The average Bonchev–Trinajstić information content (AvgIpc) is 3.18. The molecule has 2 aromatic rings. The van der Waals surface area contributed by atoms with Crippen molar-refractivity contribution in [1.29, 1.82) is 0 Å². The molecule has 0 unspecified atom stereocenters. The molecular formula is C17H20N2O6S2. The summed E-state index contributed by atoms with van der Waals surface area (Å²) >= 11 is 3.31. The Morgan fingerprint density at radius 2 is 2.00 bits per heavy atom. The summed E-state index contributed by atoms with van der Waals surface area (Å²) in [6.07, 6.45) is 0. The van der Waals surface area contributed by atoms with Gasteiger partial charge in [0.1, 0.15) is 5.56 Å². The van der Waals surface area contributed by atoms with E-state index in [0.29, 0.717) is 12.3 Å². The van der Waals surface area contributed by atoms with Gasteiger partial charge < -0.3 is 19.5 Å². The van der Waals surface area contributed by atoms with Crippen LogP contribution in [0.4, 0.5) is 5.69 Å². The van der Waals surface area contributed by atoms with Crippen molar-refractivity contribution in [2.75, 3.05) is 33.6 Å². The molecule has 8 nitrogen and oxygen atoms in total. The molecule has 0 atom stereocenters. The van der Waals surface area contributed by atoms with Gasteiger partial charge in [-0.1, -0.05) is 0 Å². The van der Waals surface area contributed by atoms with Gasteiger partial charge in [0.25, 0.3) is 5.91 Å². The van der Waals surface area contributed by atoms with Crippen molar-refractivity contribution in [2.45, 2.75) is 5.75 Å². The van der Waals surface area contributed by atoms with Crippen molar-refractivity contribution in [3.8, 4) is 17.2 Å². The molecule has 0 saturated heterocycles. The molecule has 1 N–H and O–H groups in total. The second kappa shape index (κ2) is 10.0. The first kappa shape index (κ1) is 20.8. The van der Waals surface area contributed by atoms with Gasteiger partial charge in [0.2, 0.25) is 11.5 Å². The predicted molar refractivity (Wildman–Crippen MR) is 106 cm³/mol. The fourth-order valence-corrected chi connectivity index (χ4v) is 3.97. The number of carbonyl (C=O) groups excluding carboxylic acids is 1. The van der Waals surface area contributed by atoms with E-state index in [1.165, 1.54) is 33.0 Å². The first-order valence-electron chi connectivity index (χ1n) is 7.87. The number of rotatable bonds is 10. The molecule has 1 aromatic carbocycles. The Labute approximate surface area is 165 Å². The second-order valence-electron chi connectivity index (χ2n) is 5.24. The third-order valence-electron chi connectivity index (χ3n) is 3.61. The van der Waals surface area contributed by atoms with Crippen LogP contribution < -0.4 is 19.5 Å². The van der Waals surface area contributed by atoms with Crippen molar-refractivity contribution in [2.24, 2.45) is 0 Å². The Kier molecular flexibility index (Phi) is 7.74. The highest BCUT2D eigenvalue weighted by atomic mass is 32.2. The van der Waals surface area contributed by atoms with E-state index < -0.39 is 16.5 Å². The number of carbonyl (C=O) groups is 1. The van der Waals surface area contributed by atoms with Gasteiger partial charge in [-0.05, 0) is 22.4 Å². The number of ether oxygens (including phenoxy) is 3. The predicted octanol–water partition coefficient (Wildman–Crippen LogP) is 3.35. The number of thioether (sulfide) groups is 1. The summed E-state index contributed by atoms with van der Waals surface area (Å²) in [5.41, 5.74) is 0.632. The number of nitrogens with zero attached hydrogens (tertiary/aromatic N) is 1. The lowest BCUT2D eigenvalue weighted by Gasteiger charge is -2.14. The third-order valence-corrected chi connectivity index (χ3v) is 5.37. The van der Waals surface area contributed by atoms with Crippen molar-refractivity contribution >= 4 is 34.7 Å². The molecule has 2 rings (SSSR count). The van der Waals surface area contributed by atoms with Crippen LogP contribution in [0.5, 0.6) is 17.2 Å². The SMILES string of the molecule is COc1cc(C(=O)NCCSCc2ccsc2)c([N+](=O)[O-])c(OC)c1OC. The lowest BCUT2D eigenvalue weighted by atomic mass is 10.1. The molecular weight excluding hydrogens is 392 g/mol. The molecule has 0 aliphatic carbocycles. The largest absolute Gasteiger partial charge is 0.493 e. The number of thiophene rings is 1. The molecule has 0 fully saturated rings. The summed E-state index contributed by atoms with van der Waals surface area (Å²) < 4.78 is 15.4. The summed E-state index contributed by atoms with van der Waals surface area (Å²) in [5, 5.41) is 18.3. The minimum absolute atomic E-state index is 0.0644. The molecule has 0 spiro atoms. The van der Waals surface area contributed by atoms with Crippen molar-refractivity contribution in [1.82, 2.24) is 5.32 Å². The maximum Gasteiger partial charge on any atom is 0.327 e. The number of nitro benzene ring substituents is 1. The molecule has 0 radical (unpaired) electrons. The Morgan fingerprint density at radius 1 is 1.26 bits per heavy atom. The summed E-state index contributed by atoms with van der Waals surface area (Å²) in [6.45, 7) is 0.376. The first-order chi connectivity index (χ1) is 13.0. The van der Waals surface area contributed by atoms with E-state index in [4.69, 9.17) is 14.2 Å². The Hall–Kier alpha value is -2.46. The molecule has 1 amide bonds. The number of amides is 1. The normalized spacial score (nSPS) is 10.3. The van der Waals surface area contributed by atoms with Gasteiger partial charge in [-0.15, -0.1) is 0 Å². The maximum atomic E-state index is 12.5.